The summed E-state index contributed by atoms with van der Waals surface area (Å²) in [6, 6.07) is 12.4. The van der Waals surface area contributed by atoms with Gasteiger partial charge in [-0.15, -0.1) is 52.0 Å². The predicted octanol–water partition coefficient (Wildman–Crippen LogP) is 14.2. The number of carbonyl (C=O) groups excluding carboxylic acids is 1. The van der Waals surface area contributed by atoms with Crippen LogP contribution in [0.15, 0.2) is 59.3 Å². The van der Waals surface area contributed by atoms with Crippen LogP contribution >= 0.6 is 34.4 Å². The van der Waals surface area contributed by atoms with E-state index in [0.29, 0.717) is 5.92 Å². The molecule has 3 heterocycles. The number of aliphatic hydroxyl groups is 1. The largest absolute Gasteiger partial charge is 0.512 e. The maximum Gasteiger partial charge on any atom is 0.164 e. The Kier molecular flexibility index (Phi) is 15.1. The van der Waals surface area contributed by atoms with E-state index >= 15 is 0 Å². The van der Waals surface area contributed by atoms with E-state index in [4.69, 9.17) is 4.98 Å². The number of ketones is 1. The molecule has 0 aliphatic carbocycles. The third kappa shape index (κ3) is 9.12. The van der Waals surface area contributed by atoms with Gasteiger partial charge in [-0.3, -0.25) is 9.78 Å². The van der Waals surface area contributed by atoms with E-state index in [2.05, 4.69) is 83.4 Å². The fourth-order valence-corrected chi connectivity index (χ4v) is 9.83. The average molecular weight is 934 g/mol. The number of aromatic nitrogens is 2. The van der Waals surface area contributed by atoms with Crippen molar-refractivity contribution in [1.29, 1.82) is 0 Å². The summed E-state index contributed by atoms with van der Waals surface area (Å²) >= 11 is 5.40. The van der Waals surface area contributed by atoms with E-state index in [9.17, 15) is 9.90 Å². The van der Waals surface area contributed by atoms with Gasteiger partial charge in [0.1, 0.15) is 16.9 Å². The van der Waals surface area contributed by atoms with Crippen LogP contribution in [-0.2, 0) is 36.7 Å². The van der Waals surface area contributed by atoms with Crippen LogP contribution < -0.4 is 0 Å². The van der Waals surface area contributed by atoms with Crippen molar-refractivity contribution in [3.63, 3.8) is 0 Å². The van der Waals surface area contributed by atoms with Crippen molar-refractivity contribution in [2.24, 2.45) is 16.7 Å². The molecule has 0 bridgehead atoms. The number of allylic oxidation sites excluding steroid dienone is 2. The summed E-state index contributed by atoms with van der Waals surface area (Å²) in [5, 5.41) is 15.8. The van der Waals surface area contributed by atoms with Gasteiger partial charge in [0, 0.05) is 53.0 Å². The van der Waals surface area contributed by atoms with Crippen molar-refractivity contribution in [3.05, 3.63) is 76.5 Å². The number of thioether (sulfide) groups is 1. The average Bonchev–Trinajstić information content (AvgIpc) is 3.64. The number of thiophene rings is 2. The van der Waals surface area contributed by atoms with Crippen LogP contribution in [0.1, 0.15) is 118 Å². The third-order valence-corrected chi connectivity index (χ3v) is 14.2. The molecule has 0 aliphatic heterocycles. The SMILES string of the molecule is C=CSc1c[c-]c(-c2ncnc3sc4c(ccc5c(C)c(CC(C)C)sc54)c23)cc1C(C)(C)C.CCC(C)(CC)C(=O)/C=C(\O)C(C)(CC)CC.[Ir]. The monoisotopic (exact) mass is 934 g/mol. The van der Waals surface area contributed by atoms with E-state index in [-0.39, 0.29) is 47.9 Å². The molecular formula is C44H57IrN2O2S3-. The van der Waals surface area contributed by atoms with Gasteiger partial charge in [0.2, 0.25) is 0 Å². The molecule has 0 aliphatic rings. The second-order valence-electron chi connectivity index (χ2n) is 15.7. The Balaban J connectivity index is 0.000000347. The van der Waals surface area contributed by atoms with Crippen LogP contribution in [0.4, 0.5) is 0 Å². The first-order chi connectivity index (χ1) is 24.0. The maximum absolute atomic E-state index is 12.2. The quantitative estimate of drug-likeness (QED) is 0.0584. The Morgan fingerprint density at radius 3 is 2.12 bits per heavy atom. The zero-order valence-corrected chi connectivity index (χ0v) is 38.0. The molecule has 1 N–H and O–H groups in total. The van der Waals surface area contributed by atoms with Crippen LogP contribution in [0.3, 0.4) is 0 Å². The summed E-state index contributed by atoms with van der Waals surface area (Å²) in [5.74, 6) is 0.936. The molecule has 0 saturated carbocycles. The van der Waals surface area contributed by atoms with Gasteiger partial charge in [-0.05, 0) is 72.1 Å². The fourth-order valence-electron chi connectivity index (χ4n) is 6.24. The number of benzene rings is 2. The minimum absolute atomic E-state index is 0. The second kappa shape index (κ2) is 17.9. The molecule has 0 fully saturated rings. The number of rotatable bonds is 12. The van der Waals surface area contributed by atoms with Crippen molar-refractivity contribution in [2.75, 3.05) is 0 Å². The summed E-state index contributed by atoms with van der Waals surface area (Å²) in [5.41, 5.74) is 4.10. The van der Waals surface area contributed by atoms with E-state index in [1.807, 2.05) is 58.3 Å². The number of carbonyl (C=O) groups is 1. The molecule has 1 radical (unpaired) electrons. The first-order valence-corrected chi connectivity index (χ1v) is 20.9. The van der Waals surface area contributed by atoms with Gasteiger partial charge in [-0.2, -0.15) is 11.8 Å². The normalized spacial score (nSPS) is 12.7. The molecule has 0 spiro atoms. The minimum atomic E-state index is -0.337. The Morgan fingerprint density at radius 2 is 1.56 bits per heavy atom. The van der Waals surface area contributed by atoms with Crippen molar-refractivity contribution in [1.82, 2.24) is 9.97 Å². The van der Waals surface area contributed by atoms with Gasteiger partial charge in [0.25, 0.3) is 0 Å². The van der Waals surface area contributed by atoms with Crippen LogP contribution in [0.5, 0.6) is 0 Å². The smallest absolute Gasteiger partial charge is 0.164 e. The van der Waals surface area contributed by atoms with Crippen LogP contribution in [0.25, 0.3) is 41.6 Å². The third-order valence-electron chi connectivity index (χ3n) is 10.8. The molecule has 4 nitrogen and oxygen atoms in total. The summed E-state index contributed by atoms with van der Waals surface area (Å²) < 4.78 is 2.71. The number of aliphatic hydroxyl groups excluding tert-OH is 1. The summed E-state index contributed by atoms with van der Waals surface area (Å²) in [7, 11) is 0. The Labute approximate surface area is 338 Å². The number of hydrogen-bond donors (Lipinski definition) is 1. The van der Waals surface area contributed by atoms with E-state index < -0.39 is 0 Å². The molecule has 52 heavy (non-hydrogen) atoms. The van der Waals surface area contributed by atoms with E-state index in [1.165, 1.54) is 47.1 Å². The molecule has 2 aromatic carbocycles. The van der Waals surface area contributed by atoms with Gasteiger partial charge in [-0.25, -0.2) is 4.98 Å². The van der Waals surface area contributed by atoms with Crippen molar-refractivity contribution in [2.45, 2.75) is 125 Å². The molecule has 5 rings (SSSR count). The van der Waals surface area contributed by atoms with Gasteiger partial charge < -0.3 is 5.11 Å². The zero-order valence-electron chi connectivity index (χ0n) is 33.2. The summed E-state index contributed by atoms with van der Waals surface area (Å²) in [6.07, 6.45) is 7.58. The molecule has 0 atom stereocenters. The predicted molar refractivity (Wildman–Crippen MR) is 226 cm³/mol. The Morgan fingerprint density at radius 1 is 0.962 bits per heavy atom. The molecule has 5 aromatic rings. The summed E-state index contributed by atoms with van der Waals surface area (Å²) in [6.45, 7) is 29.6. The van der Waals surface area contributed by atoms with Gasteiger partial charge in [0.15, 0.2) is 5.78 Å². The summed E-state index contributed by atoms with van der Waals surface area (Å²) in [4.78, 5) is 25.4. The zero-order chi connectivity index (χ0) is 37.9. The second-order valence-corrected chi connectivity index (χ2v) is 18.8. The fraction of sp³-hybridized carbons (Fsp3) is 0.477. The first-order valence-electron chi connectivity index (χ1n) is 18.4. The molecule has 283 valence electrons. The molecule has 8 heteroatoms. The van der Waals surface area contributed by atoms with Crippen LogP contribution in [-0.4, -0.2) is 20.9 Å². The van der Waals surface area contributed by atoms with Gasteiger partial charge in [0.05, 0.1) is 9.40 Å². The topological polar surface area (TPSA) is 63.1 Å². The van der Waals surface area contributed by atoms with E-state index in [1.54, 1.807) is 29.4 Å². The van der Waals surface area contributed by atoms with Crippen molar-refractivity contribution in [3.8, 4) is 11.3 Å². The van der Waals surface area contributed by atoms with Crippen LogP contribution in [0.2, 0.25) is 0 Å². The standard InChI is InChI=1S/C29H29N2S3.C15H28O2.Ir/c1-8-32-22-12-9-18(14-21(22)29(5,6)7)25-24-20-11-10-19-17(4)23(13-16(2)3)33-26(19)27(20)34-28(24)31-15-30-25;1-7-14(5,8-2)12(16)11-13(17)15(6,9-3)10-4;/h8,10-12,14-16H,1,13H2,2-7H3;11,16H,7-10H2,1-6H3;/q-1;;/b;12-11-;. The first kappa shape index (κ1) is 44.0. The number of hydrogen-bond acceptors (Lipinski definition) is 7. The molecule has 0 unspecified atom stereocenters. The van der Waals surface area contributed by atoms with Gasteiger partial charge >= 0.3 is 0 Å². The number of nitrogens with zero attached hydrogens (tertiary/aromatic N) is 2. The maximum atomic E-state index is 12.2. The molecule has 3 aromatic heterocycles. The molecular weight excluding hydrogens is 877 g/mol. The Bertz CT molecular complexity index is 2060. The van der Waals surface area contributed by atoms with E-state index in [0.717, 1.165) is 53.6 Å². The molecule has 0 saturated heterocycles. The number of fused-ring (bicyclic) bond motifs is 5. The minimum Gasteiger partial charge on any atom is -0.512 e. The molecule has 0 amide bonds. The Hall–Kier alpha value is -2.35. The van der Waals surface area contributed by atoms with Crippen molar-refractivity contribution < 1.29 is 30.0 Å². The van der Waals surface area contributed by atoms with Gasteiger partial charge in [-0.1, -0.05) is 99.8 Å². The van der Waals surface area contributed by atoms with Crippen molar-refractivity contribution >= 4 is 70.6 Å². The number of aryl methyl sites for hydroxylation is 1. The van der Waals surface area contributed by atoms with Crippen LogP contribution in [0, 0.1) is 29.7 Å².